The van der Waals surface area contributed by atoms with Crippen molar-refractivity contribution in [2.24, 2.45) is 0 Å². The number of halogens is 2. The number of hydrogen-bond donors (Lipinski definition) is 0. The van der Waals surface area contributed by atoms with Crippen LogP contribution in [0.1, 0.15) is 36.4 Å². The predicted octanol–water partition coefficient (Wildman–Crippen LogP) is 7.37. The fourth-order valence-corrected chi connectivity index (χ4v) is 28.1. The molecule has 0 N–H and O–H groups in total. The molecule has 6 rings (SSSR count). The molecule has 0 nitrogen and oxygen atoms in total. The molecule has 0 bridgehead atoms. The van der Waals surface area contributed by atoms with Crippen LogP contribution < -0.4 is 3.27 Å². The Labute approximate surface area is 217 Å². The van der Waals surface area contributed by atoms with Gasteiger partial charge in [0.1, 0.15) is 0 Å². The van der Waals surface area contributed by atoms with Crippen molar-refractivity contribution in [3.8, 4) is 11.1 Å². The molecule has 172 valence electrons. The van der Waals surface area contributed by atoms with Gasteiger partial charge in [0.25, 0.3) is 0 Å². The number of fused-ring (bicyclic) bond motifs is 4. The largest absolute Gasteiger partial charge is 0.147 e. The maximum absolute atomic E-state index is 3.85. The van der Waals surface area contributed by atoms with Crippen molar-refractivity contribution >= 4 is 40.5 Å². The number of hydrogen-bond acceptors (Lipinski definition) is 0. The molecule has 0 amide bonds. The number of rotatable bonds is 3. The van der Waals surface area contributed by atoms with Gasteiger partial charge in [-0.1, -0.05) is 0 Å². The number of allylic oxidation sites excluding steroid dienone is 2. The third-order valence-electron chi connectivity index (χ3n) is 8.24. The first kappa shape index (κ1) is 25.4. The van der Waals surface area contributed by atoms with Crippen molar-refractivity contribution in [2.75, 3.05) is 0 Å². The molecular weight excluding hydrogens is 551 g/mol. The Bertz CT molecular complexity index is 1430. The Balaban J connectivity index is 0.00000137. The van der Waals surface area contributed by atoms with Gasteiger partial charge in [-0.15, -0.1) is 24.8 Å². The van der Waals surface area contributed by atoms with Crippen molar-refractivity contribution in [3.63, 3.8) is 0 Å². The summed E-state index contributed by atoms with van der Waals surface area (Å²) in [7, 11) is 0. The predicted molar refractivity (Wildman–Crippen MR) is 152 cm³/mol. The maximum Gasteiger partial charge on any atom is -0.147 e. The van der Waals surface area contributed by atoms with Crippen molar-refractivity contribution in [1.29, 1.82) is 0 Å². The summed E-state index contributed by atoms with van der Waals surface area (Å²) in [6.07, 6.45) is 2.62. The minimum Gasteiger partial charge on any atom is -0.147 e. The first-order valence-electron chi connectivity index (χ1n) is 11.6. The Hall–Kier alpha value is -1.70. The van der Waals surface area contributed by atoms with E-state index < -0.39 is 17.4 Å². The fraction of sp³-hybridized carbons (Fsp3) is 0.133. The summed E-state index contributed by atoms with van der Waals surface area (Å²) in [5.74, 6) is 0. The van der Waals surface area contributed by atoms with Crippen LogP contribution in [-0.4, -0.2) is 6.88 Å². The summed E-state index contributed by atoms with van der Waals surface area (Å²) in [4.78, 5) is 0. The van der Waals surface area contributed by atoms with Crippen LogP contribution >= 0.6 is 24.8 Å². The Morgan fingerprint density at radius 1 is 0.588 bits per heavy atom. The molecule has 0 saturated heterocycles. The molecule has 0 saturated carbocycles. The second-order valence-electron chi connectivity index (χ2n) is 10.1. The summed E-state index contributed by atoms with van der Waals surface area (Å²) in [6, 6.07) is 39.1. The van der Waals surface area contributed by atoms with Gasteiger partial charge in [0.2, 0.25) is 0 Å². The van der Waals surface area contributed by atoms with Crippen molar-refractivity contribution in [1.82, 2.24) is 0 Å². The van der Waals surface area contributed by atoms with Gasteiger partial charge in [0.15, 0.2) is 0 Å². The molecule has 4 aromatic carbocycles. The molecule has 1 unspecified atom stereocenters. The Morgan fingerprint density at radius 2 is 1.03 bits per heavy atom. The van der Waals surface area contributed by atoms with E-state index in [2.05, 4.69) is 128 Å². The molecular formula is C30H30Cl2SiZr. The normalized spacial score (nSPS) is 16.4. The van der Waals surface area contributed by atoms with Gasteiger partial charge in [-0.05, 0) is 0 Å². The quantitative estimate of drug-likeness (QED) is 0.222. The van der Waals surface area contributed by atoms with Crippen LogP contribution in [0.25, 0.3) is 16.7 Å². The van der Waals surface area contributed by atoms with E-state index in [0.717, 1.165) is 0 Å². The van der Waals surface area contributed by atoms with E-state index in [4.69, 9.17) is 0 Å². The summed E-state index contributed by atoms with van der Waals surface area (Å²) in [6.45, 7) is 4.72. The van der Waals surface area contributed by atoms with E-state index in [-0.39, 0.29) is 24.8 Å². The smallest absolute Gasteiger partial charge is 0.147 e. The average Bonchev–Trinajstić information content (AvgIpc) is 3.37. The zero-order chi connectivity index (χ0) is 21.9. The first-order valence-corrected chi connectivity index (χ1v) is 24.0. The zero-order valence-corrected chi connectivity index (χ0v) is 25.1. The van der Waals surface area contributed by atoms with Gasteiger partial charge < -0.3 is 0 Å². The van der Waals surface area contributed by atoms with Crippen LogP contribution in [0.2, 0.25) is 4.63 Å². The zero-order valence-electron chi connectivity index (χ0n) is 19.6. The van der Waals surface area contributed by atoms with Crippen LogP contribution in [0.15, 0.2) is 109 Å². The molecule has 0 radical (unpaired) electrons. The monoisotopic (exact) mass is 578 g/mol. The molecule has 1 atom stereocenters. The molecule has 2 aliphatic carbocycles. The second kappa shape index (κ2) is 9.07. The van der Waals surface area contributed by atoms with Crippen LogP contribution in [0.5, 0.6) is 0 Å². The van der Waals surface area contributed by atoms with Gasteiger partial charge in [0.05, 0.1) is 0 Å². The van der Waals surface area contributed by atoms with E-state index >= 15 is 0 Å². The van der Waals surface area contributed by atoms with Crippen molar-refractivity contribution < 1.29 is 17.4 Å². The third-order valence-corrected chi connectivity index (χ3v) is 31.5. The average molecular weight is 581 g/mol. The summed E-state index contributed by atoms with van der Waals surface area (Å²) < 4.78 is 5.28. The van der Waals surface area contributed by atoms with E-state index in [1.54, 1.807) is 8.83 Å². The topological polar surface area (TPSA) is 0 Å². The van der Waals surface area contributed by atoms with Crippen LogP contribution in [-0.2, 0) is 17.4 Å². The first-order chi connectivity index (χ1) is 15.5. The van der Waals surface area contributed by atoms with Crippen LogP contribution in [0.3, 0.4) is 0 Å². The summed E-state index contributed by atoms with van der Waals surface area (Å²) in [5, 5.41) is 0. The van der Waals surface area contributed by atoms with E-state index in [9.17, 15) is 0 Å². The van der Waals surface area contributed by atoms with Crippen LogP contribution in [0.4, 0.5) is 0 Å². The van der Waals surface area contributed by atoms with Crippen molar-refractivity contribution in [2.45, 2.75) is 18.8 Å². The van der Waals surface area contributed by atoms with Gasteiger partial charge in [0, 0.05) is 0 Å². The van der Waals surface area contributed by atoms with Crippen LogP contribution in [0, 0.1) is 0 Å². The maximum atomic E-state index is 2.73. The van der Waals surface area contributed by atoms with E-state index in [1.807, 2.05) is 0 Å². The fourth-order valence-electron chi connectivity index (χ4n) is 6.68. The molecule has 2 aliphatic rings. The third kappa shape index (κ3) is 3.41. The molecule has 0 aromatic heterocycles. The molecule has 4 aromatic rings. The van der Waals surface area contributed by atoms with E-state index in [0.29, 0.717) is 7.25 Å². The molecule has 4 heteroatoms. The van der Waals surface area contributed by atoms with Gasteiger partial charge in [-0.3, -0.25) is 0 Å². The van der Waals surface area contributed by atoms with E-state index in [1.165, 1.54) is 33.4 Å². The minimum atomic E-state index is -3.85. The SMILES string of the molecule is CC1=C[CH]([Zr]([CH3])(=[SiH2])([c]2ccccc2)[CH]2c3ccccc3-c3ccccc32)c2ccccc21.Cl.Cl. The molecule has 0 fully saturated rings. The molecule has 34 heavy (non-hydrogen) atoms. The van der Waals surface area contributed by atoms with Crippen molar-refractivity contribution in [3.05, 3.63) is 131 Å². The molecule has 0 heterocycles. The van der Waals surface area contributed by atoms with Gasteiger partial charge >= 0.3 is 195 Å². The minimum absolute atomic E-state index is 0. The number of benzene rings is 4. The van der Waals surface area contributed by atoms with Gasteiger partial charge in [-0.25, -0.2) is 0 Å². The second-order valence-corrected chi connectivity index (χ2v) is 36.5. The summed E-state index contributed by atoms with van der Waals surface area (Å²) in [5.41, 5.74) is 10.4. The summed E-state index contributed by atoms with van der Waals surface area (Å²) >= 11 is -3.85. The Morgan fingerprint density at radius 3 is 1.59 bits per heavy atom. The standard InChI is InChI=1S/C13H9.C10H9.C6H5.CH3.2ClH.H2Si.Zr/c1-3-7-12-10(5-1)9-11-6-2-4-8-13(11)12;1-8-6-7-9-4-2-3-5-10(8)9;1-2-4-6-5-3-1;;;;;/h1-9H;2-7H,1H3;1-5H;1H3;2*1H;1H2;. The van der Waals surface area contributed by atoms with Gasteiger partial charge in [-0.2, -0.15) is 0 Å². The molecule has 0 spiro atoms. The Kier molecular flexibility index (Phi) is 6.77. The molecule has 0 aliphatic heterocycles.